The molecule has 0 saturated carbocycles. The average Bonchev–Trinajstić information content (AvgIpc) is 2.68. The van der Waals surface area contributed by atoms with Crippen molar-refractivity contribution >= 4 is 11.8 Å². The van der Waals surface area contributed by atoms with Gasteiger partial charge in [-0.2, -0.15) is 0 Å². The third-order valence-electron chi connectivity index (χ3n) is 2.46. The van der Waals surface area contributed by atoms with E-state index in [1.807, 2.05) is 23.7 Å². The first-order chi connectivity index (χ1) is 8.22. The van der Waals surface area contributed by atoms with Crippen molar-refractivity contribution in [3.63, 3.8) is 0 Å². The molecule has 2 N–H and O–H groups in total. The zero-order valence-electron chi connectivity index (χ0n) is 10.1. The lowest BCUT2D eigenvalue weighted by Gasteiger charge is -2.03. The zero-order chi connectivity index (χ0) is 12.3. The fraction of sp³-hybridized carbons (Fsp3) is 0.333. The molecule has 0 aliphatic heterocycles. The summed E-state index contributed by atoms with van der Waals surface area (Å²) in [7, 11) is 1.98. The summed E-state index contributed by atoms with van der Waals surface area (Å²) in [6.45, 7) is 2.72. The Balaban J connectivity index is 2.30. The summed E-state index contributed by atoms with van der Waals surface area (Å²) in [6.07, 6.45) is 0. The Bertz CT molecular complexity index is 507. The van der Waals surface area contributed by atoms with Gasteiger partial charge in [-0.1, -0.05) is 35.5 Å². The quantitative estimate of drug-likeness (QED) is 0.839. The van der Waals surface area contributed by atoms with Crippen LogP contribution in [0.5, 0.6) is 0 Å². The molecule has 1 aromatic heterocycles. The fourth-order valence-electron chi connectivity index (χ4n) is 1.63. The second-order valence-electron chi connectivity index (χ2n) is 3.87. The monoisotopic (exact) mass is 248 g/mol. The Hall–Kier alpha value is -1.33. The molecule has 0 aliphatic carbocycles. The van der Waals surface area contributed by atoms with E-state index in [2.05, 4.69) is 29.3 Å². The molecule has 5 heteroatoms. The lowest BCUT2D eigenvalue weighted by Crippen LogP contribution is -2.03. The summed E-state index contributed by atoms with van der Waals surface area (Å²) in [5, 5.41) is 9.32. The maximum absolute atomic E-state index is 5.49. The van der Waals surface area contributed by atoms with Crippen molar-refractivity contribution in [2.45, 2.75) is 12.1 Å². The second kappa shape index (κ2) is 5.33. The smallest absolute Gasteiger partial charge is 0.191 e. The highest BCUT2D eigenvalue weighted by Gasteiger charge is 2.10. The molecule has 90 valence electrons. The molecule has 0 bridgehead atoms. The molecule has 0 spiro atoms. The van der Waals surface area contributed by atoms with Gasteiger partial charge in [-0.15, -0.1) is 10.2 Å². The minimum absolute atomic E-state index is 0.650. The van der Waals surface area contributed by atoms with Gasteiger partial charge in [0.25, 0.3) is 0 Å². The van der Waals surface area contributed by atoms with Gasteiger partial charge < -0.3 is 10.3 Å². The van der Waals surface area contributed by atoms with Crippen molar-refractivity contribution in [3.05, 3.63) is 29.8 Å². The average molecular weight is 248 g/mol. The molecule has 0 unspecified atom stereocenters. The van der Waals surface area contributed by atoms with Crippen LogP contribution < -0.4 is 5.73 Å². The summed E-state index contributed by atoms with van der Waals surface area (Å²) >= 11 is 1.63. The molecule has 0 radical (unpaired) electrons. The normalized spacial score (nSPS) is 10.8. The van der Waals surface area contributed by atoms with Gasteiger partial charge in [-0.3, -0.25) is 0 Å². The van der Waals surface area contributed by atoms with Crippen molar-refractivity contribution in [1.82, 2.24) is 14.8 Å². The Morgan fingerprint density at radius 1 is 1.35 bits per heavy atom. The molecule has 1 aromatic carbocycles. The van der Waals surface area contributed by atoms with Crippen LogP contribution in [0.2, 0.25) is 0 Å². The van der Waals surface area contributed by atoms with Crippen molar-refractivity contribution in [3.8, 4) is 11.4 Å². The molecule has 0 fully saturated rings. The molecule has 2 rings (SSSR count). The predicted molar refractivity (Wildman–Crippen MR) is 71.0 cm³/mol. The second-order valence-corrected chi connectivity index (χ2v) is 4.93. The molecule has 0 saturated heterocycles. The topological polar surface area (TPSA) is 56.7 Å². The van der Waals surface area contributed by atoms with Crippen LogP contribution in [0, 0.1) is 6.92 Å². The first kappa shape index (κ1) is 12.1. The summed E-state index contributed by atoms with van der Waals surface area (Å²) in [5.41, 5.74) is 7.81. The minimum atomic E-state index is 0.650. The summed E-state index contributed by atoms with van der Waals surface area (Å²) in [4.78, 5) is 0. The number of benzene rings is 1. The lowest BCUT2D eigenvalue weighted by molar-refractivity contribution is 0.793. The van der Waals surface area contributed by atoms with Crippen LogP contribution in [0.3, 0.4) is 0 Å². The molecule has 0 aliphatic rings. The number of hydrogen-bond donors (Lipinski definition) is 1. The van der Waals surface area contributed by atoms with Crippen molar-refractivity contribution < 1.29 is 0 Å². The van der Waals surface area contributed by atoms with E-state index in [4.69, 9.17) is 5.73 Å². The highest BCUT2D eigenvalue weighted by molar-refractivity contribution is 7.99. The molecular weight excluding hydrogens is 232 g/mol. The number of rotatable bonds is 4. The number of nitrogens with two attached hydrogens (primary N) is 1. The third kappa shape index (κ3) is 2.68. The van der Waals surface area contributed by atoms with E-state index < -0.39 is 0 Å². The lowest BCUT2D eigenvalue weighted by atomic mass is 10.1. The molecular formula is C12H16N4S. The first-order valence-corrected chi connectivity index (χ1v) is 6.50. The van der Waals surface area contributed by atoms with Gasteiger partial charge >= 0.3 is 0 Å². The first-order valence-electron chi connectivity index (χ1n) is 5.51. The summed E-state index contributed by atoms with van der Waals surface area (Å²) < 4.78 is 2.01. The van der Waals surface area contributed by atoms with E-state index in [1.165, 1.54) is 5.56 Å². The molecule has 17 heavy (non-hydrogen) atoms. The Morgan fingerprint density at radius 3 is 2.88 bits per heavy atom. The number of aromatic nitrogens is 3. The van der Waals surface area contributed by atoms with Crippen molar-refractivity contribution in [1.29, 1.82) is 0 Å². The maximum Gasteiger partial charge on any atom is 0.191 e. The SMILES string of the molecule is Cc1cccc(-c2nnc(SCCN)n2C)c1. The van der Waals surface area contributed by atoms with E-state index in [1.54, 1.807) is 11.8 Å². The van der Waals surface area contributed by atoms with Crippen LogP contribution >= 0.6 is 11.8 Å². The highest BCUT2D eigenvalue weighted by Crippen LogP contribution is 2.22. The van der Waals surface area contributed by atoms with Crippen molar-refractivity contribution in [2.75, 3.05) is 12.3 Å². The Morgan fingerprint density at radius 2 is 2.18 bits per heavy atom. The molecule has 2 aromatic rings. The van der Waals surface area contributed by atoms with E-state index >= 15 is 0 Å². The number of hydrogen-bond acceptors (Lipinski definition) is 4. The van der Waals surface area contributed by atoms with E-state index in [0.717, 1.165) is 22.3 Å². The van der Waals surface area contributed by atoms with E-state index in [0.29, 0.717) is 6.54 Å². The third-order valence-corrected chi connectivity index (χ3v) is 3.51. The predicted octanol–water partition coefficient (Wildman–Crippen LogP) is 1.84. The fourth-order valence-corrected chi connectivity index (χ4v) is 2.31. The van der Waals surface area contributed by atoms with Gasteiger partial charge in [-0.25, -0.2) is 0 Å². The van der Waals surface area contributed by atoms with Crippen LogP contribution in [0.25, 0.3) is 11.4 Å². The van der Waals surface area contributed by atoms with E-state index in [9.17, 15) is 0 Å². The number of aryl methyl sites for hydroxylation is 1. The van der Waals surface area contributed by atoms with Crippen molar-refractivity contribution in [2.24, 2.45) is 12.8 Å². The maximum atomic E-state index is 5.49. The van der Waals surface area contributed by atoms with Crippen LogP contribution in [-0.4, -0.2) is 27.1 Å². The molecule has 0 amide bonds. The van der Waals surface area contributed by atoms with Crippen LogP contribution in [0.4, 0.5) is 0 Å². The van der Waals surface area contributed by atoms with Crippen LogP contribution in [-0.2, 0) is 7.05 Å². The number of nitrogens with zero attached hydrogens (tertiary/aromatic N) is 3. The van der Waals surface area contributed by atoms with E-state index in [-0.39, 0.29) is 0 Å². The standard InChI is InChI=1S/C12H16N4S/c1-9-4-3-5-10(8-9)11-14-15-12(16(11)2)17-7-6-13/h3-5,8H,6-7,13H2,1-2H3. The van der Waals surface area contributed by atoms with Crippen LogP contribution in [0.1, 0.15) is 5.56 Å². The number of thioether (sulfide) groups is 1. The van der Waals surface area contributed by atoms with Gasteiger partial charge in [-0.05, 0) is 13.0 Å². The largest absolute Gasteiger partial charge is 0.330 e. The van der Waals surface area contributed by atoms with Gasteiger partial charge in [0, 0.05) is 24.9 Å². The van der Waals surface area contributed by atoms with Gasteiger partial charge in [0.05, 0.1) is 0 Å². The highest BCUT2D eigenvalue weighted by atomic mass is 32.2. The summed E-state index contributed by atoms with van der Waals surface area (Å²) in [5.74, 6) is 1.76. The molecule has 0 atom stereocenters. The Kier molecular flexibility index (Phi) is 3.81. The van der Waals surface area contributed by atoms with Gasteiger partial charge in [0.1, 0.15) is 0 Å². The molecule has 1 heterocycles. The van der Waals surface area contributed by atoms with Gasteiger partial charge in [0.15, 0.2) is 11.0 Å². The Labute approximate surface area is 105 Å². The summed E-state index contributed by atoms with van der Waals surface area (Å²) in [6, 6.07) is 8.27. The minimum Gasteiger partial charge on any atom is -0.330 e. The molecule has 4 nitrogen and oxygen atoms in total. The zero-order valence-corrected chi connectivity index (χ0v) is 10.9. The van der Waals surface area contributed by atoms with Gasteiger partial charge in [0.2, 0.25) is 0 Å². The van der Waals surface area contributed by atoms with Crippen LogP contribution in [0.15, 0.2) is 29.4 Å².